The summed E-state index contributed by atoms with van der Waals surface area (Å²) in [5.74, 6) is -0.402. The molecule has 3 rings (SSSR count). The molecule has 6 heteroatoms. The molecule has 214 valence electrons. The van der Waals surface area contributed by atoms with Gasteiger partial charge in [0, 0.05) is 18.4 Å². The van der Waals surface area contributed by atoms with E-state index in [1.807, 2.05) is 19.1 Å². The van der Waals surface area contributed by atoms with Crippen LogP contribution in [0.5, 0.6) is 0 Å². The van der Waals surface area contributed by atoms with E-state index in [-0.39, 0.29) is 34.6 Å². The molecule has 1 aliphatic carbocycles. The zero-order chi connectivity index (χ0) is 29.2. The van der Waals surface area contributed by atoms with Crippen LogP contribution in [0.3, 0.4) is 0 Å². The predicted octanol–water partition coefficient (Wildman–Crippen LogP) is 6.06. The molecule has 0 fully saturated rings. The monoisotopic (exact) mass is 566 g/mol. The minimum absolute atomic E-state index is 0.0190. The lowest BCUT2D eigenvalue weighted by atomic mass is 9.89. The Kier molecular flexibility index (Phi) is 9.74. The van der Waals surface area contributed by atoms with Gasteiger partial charge in [0.2, 0.25) is 0 Å². The van der Waals surface area contributed by atoms with E-state index in [9.17, 15) is 10.2 Å². The van der Waals surface area contributed by atoms with E-state index in [0.717, 1.165) is 11.1 Å². The van der Waals surface area contributed by atoms with Crippen LogP contribution >= 0.6 is 0 Å². The van der Waals surface area contributed by atoms with E-state index < -0.39 is 22.7 Å². The van der Waals surface area contributed by atoms with Gasteiger partial charge in [-0.1, -0.05) is 108 Å². The summed E-state index contributed by atoms with van der Waals surface area (Å²) in [5, 5.41) is 24.0. The normalized spacial score (nSPS) is 21.8. The Labute approximate surface area is 239 Å². The summed E-state index contributed by atoms with van der Waals surface area (Å²) in [7, 11) is -4.97. The first kappa shape index (κ1) is 31.7. The van der Waals surface area contributed by atoms with Gasteiger partial charge in [-0.3, -0.25) is 0 Å². The maximum absolute atomic E-state index is 11.0. The molecule has 0 radical (unpaired) electrons. The Morgan fingerprint density at radius 1 is 0.897 bits per heavy atom. The van der Waals surface area contributed by atoms with E-state index in [4.69, 9.17) is 8.85 Å². The molecule has 39 heavy (non-hydrogen) atoms. The molecule has 0 amide bonds. The van der Waals surface area contributed by atoms with Gasteiger partial charge < -0.3 is 19.1 Å². The number of benzene rings is 2. The van der Waals surface area contributed by atoms with Crippen LogP contribution in [0.2, 0.25) is 23.2 Å². The summed E-state index contributed by atoms with van der Waals surface area (Å²) in [6.45, 7) is 24.3. The van der Waals surface area contributed by atoms with E-state index in [1.54, 1.807) is 6.08 Å². The second-order valence-electron chi connectivity index (χ2n) is 13.5. The maximum atomic E-state index is 11.0. The van der Waals surface area contributed by atoms with Crippen molar-refractivity contribution in [1.82, 2.24) is 0 Å². The highest BCUT2D eigenvalue weighted by molar-refractivity contribution is 6.99. The zero-order valence-electron chi connectivity index (χ0n) is 25.5. The fourth-order valence-electron chi connectivity index (χ4n) is 5.89. The number of hydrogen-bond donors (Lipinski definition) is 2. The van der Waals surface area contributed by atoms with Crippen LogP contribution in [-0.4, -0.2) is 52.3 Å². The molecule has 0 unspecified atom stereocenters. The standard InChI is InChI=1S/C33H50O4Si2/c1-11-29(35)30-24(2)31(37-38(9,10)32(3,4)5)28(27(30)22-34)23-36-39(33(6,7)8,25-18-14-12-15-19-25)26-20-16-13-17-21-26/h11-21,27-29,31,34-35H,1,22-23H2,2-10H3/t27-,28+,29-,31-/m1/s1. The topological polar surface area (TPSA) is 58.9 Å². The highest BCUT2D eigenvalue weighted by atomic mass is 28.4. The molecule has 0 heterocycles. The Bertz CT molecular complexity index is 1090. The maximum Gasteiger partial charge on any atom is 0.261 e. The number of aliphatic hydroxyl groups excluding tert-OH is 2. The first-order valence-electron chi connectivity index (χ1n) is 14.2. The largest absolute Gasteiger partial charge is 0.410 e. The molecule has 0 aliphatic heterocycles. The lowest BCUT2D eigenvalue weighted by Crippen LogP contribution is -2.67. The van der Waals surface area contributed by atoms with E-state index in [1.165, 1.54) is 10.4 Å². The molecule has 0 saturated heterocycles. The molecule has 4 atom stereocenters. The summed E-state index contributed by atoms with van der Waals surface area (Å²) in [6.07, 6.45) is 0.479. The lowest BCUT2D eigenvalue weighted by molar-refractivity contribution is 0.0693. The van der Waals surface area contributed by atoms with Crippen LogP contribution in [0.15, 0.2) is 84.5 Å². The SMILES string of the molecule is C=C[C@@H](O)C1=C(C)[C@@H](O[Si](C)(C)C(C)(C)C)[C@@H](CO[Si](c2ccccc2)(c2ccccc2)C(C)(C)C)[C@H]1CO. The first-order chi connectivity index (χ1) is 18.1. The molecule has 0 bridgehead atoms. The summed E-state index contributed by atoms with van der Waals surface area (Å²) in [6, 6.07) is 21.3. The van der Waals surface area contributed by atoms with Gasteiger partial charge in [-0.2, -0.15) is 0 Å². The van der Waals surface area contributed by atoms with Crippen molar-refractivity contribution in [1.29, 1.82) is 0 Å². The van der Waals surface area contributed by atoms with Gasteiger partial charge in [-0.05, 0) is 51.6 Å². The first-order valence-corrected chi connectivity index (χ1v) is 19.0. The molecule has 4 nitrogen and oxygen atoms in total. The molecule has 0 aromatic heterocycles. The van der Waals surface area contributed by atoms with Gasteiger partial charge in [0.1, 0.15) is 0 Å². The highest BCUT2D eigenvalue weighted by Crippen LogP contribution is 2.47. The van der Waals surface area contributed by atoms with Gasteiger partial charge >= 0.3 is 0 Å². The van der Waals surface area contributed by atoms with E-state index >= 15 is 0 Å². The fourth-order valence-corrected chi connectivity index (χ4v) is 11.8. The van der Waals surface area contributed by atoms with E-state index in [0.29, 0.717) is 6.61 Å². The molecule has 1 aliphatic rings. The van der Waals surface area contributed by atoms with Crippen LogP contribution in [-0.2, 0) is 8.85 Å². The van der Waals surface area contributed by atoms with Crippen molar-refractivity contribution in [3.05, 3.63) is 84.5 Å². The van der Waals surface area contributed by atoms with Crippen molar-refractivity contribution in [2.75, 3.05) is 13.2 Å². The van der Waals surface area contributed by atoms with Crippen molar-refractivity contribution in [3.8, 4) is 0 Å². The quantitative estimate of drug-likeness (QED) is 0.271. The van der Waals surface area contributed by atoms with Crippen LogP contribution in [0.25, 0.3) is 0 Å². The highest BCUT2D eigenvalue weighted by Gasteiger charge is 2.53. The average Bonchev–Trinajstić information content (AvgIpc) is 3.13. The average molecular weight is 567 g/mol. The van der Waals surface area contributed by atoms with Gasteiger partial charge in [0.25, 0.3) is 8.32 Å². The summed E-state index contributed by atoms with van der Waals surface area (Å²) in [4.78, 5) is 0. The molecule has 2 N–H and O–H groups in total. The van der Waals surface area contributed by atoms with Crippen molar-refractivity contribution in [3.63, 3.8) is 0 Å². The van der Waals surface area contributed by atoms with Crippen molar-refractivity contribution < 1.29 is 19.1 Å². The summed E-state index contributed by atoms with van der Waals surface area (Å²) in [5.41, 5.74) is 1.83. The van der Waals surface area contributed by atoms with Gasteiger partial charge in [-0.25, -0.2) is 0 Å². The summed E-state index contributed by atoms with van der Waals surface area (Å²) >= 11 is 0. The predicted molar refractivity (Wildman–Crippen MR) is 169 cm³/mol. The molecular weight excluding hydrogens is 517 g/mol. The van der Waals surface area contributed by atoms with Crippen LogP contribution in [0.1, 0.15) is 48.5 Å². The third-order valence-electron chi connectivity index (χ3n) is 9.06. The molecule has 0 spiro atoms. The smallest absolute Gasteiger partial charge is 0.261 e. The van der Waals surface area contributed by atoms with Crippen LogP contribution in [0, 0.1) is 11.8 Å². The van der Waals surface area contributed by atoms with Crippen molar-refractivity contribution in [2.45, 2.75) is 83.8 Å². The third-order valence-corrected chi connectivity index (χ3v) is 18.5. The van der Waals surface area contributed by atoms with Crippen molar-refractivity contribution in [2.24, 2.45) is 11.8 Å². The van der Waals surface area contributed by atoms with Crippen LogP contribution < -0.4 is 10.4 Å². The molecule has 2 aromatic carbocycles. The van der Waals surface area contributed by atoms with Gasteiger partial charge in [0.15, 0.2) is 8.32 Å². The van der Waals surface area contributed by atoms with Crippen LogP contribution in [0.4, 0.5) is 0 Å². The molecule has 0 saturated carbocycles. The Balaban J connectivity index is 2.14. The zero-order valence-corrected chi connectivity index (χ0v) is 27.5. The van der Waals surface area contributed by atoms with Gasteiger partial charge in [0.05, 0.1) is 18.8 Å². The lowest BCUT2D eigenvalue weighted by Gasteiger charge is -2.45. The number of hydrogen-bond acceptors (Lipinski definition) is 4. The second kappa shape index (κ2) is 12.0. The van der Waals surface area contributed by atoms with Gasteiger partial charge in [-0.15, -0.1) is 6.58 Å². The Morgan fingerprint density at radius 3 is 1.77 bits per heavy atom. The minimum atomic E-state index is -2.79. The molecule has 2 aromatic rings. The fraction of sp³-hybridized carbons (Fsp3) is 0.515. The van der Waals surface area contributed by atoms with E-state index in [2.05, 4.69) is 110 Å². The Morgan fingerprint density at radius 2 is 1.38 bits per heavy atom. The number of aliphatic hydroxyl groups is 2. The minimum Gasteiger partial charge on any atom is -0.410 e. The van der Waals surface area contributed by atoms with Crippen molar-refractivity contribution >= 4 is 27.0 Å². The number of rotatable bonds is 10. The third kappa shape index (κ3) is 6.11. The summed E-state index contributed by atoms with van der Waals surface area (Å²) < 4.78 is 14.4. The Hall–Kier alpha value is -1.81. The second-order valence-corrected chi connectivity index (χ2v) is 22.6. The molecular formula is C33H50O4Si2.